The monoisotopic (exact) mass is 323 g/mol. The van der Waals surface area contributed by atoms with Gasteiger partial charge >= 0.3 is 0 Å². The maximum Gasteiger partial charge on any atom is 0.255 e. The number of carbonyl (C=O) groups is 1. The molecule has 1 amide bonds. The molecule has 2 aromatic heterocycles. The lowest BCUT2D eigenvalue weighted by molar-refractivity contribution is 0.0948. The van der Waals surface area contributed by atoms with Gasteiger partial charge in [0.2, 0.25) is 0 Å². The van der Waals surface area contributed by atoms with Crippen molar-refractivity contribution in [1.82, 2.24) is 15.5 Å². The van der Waals surface area contributed by atoms with Crippen molar-refractivity contribution in [3.63, 3.8) is 0 Å². The number of methoxy groups -OCH3 is 1. The van der Waals surface area contributed by atoms with Gasteiger partial charge in [-0.3, -0.25) is 9.89 Å². The number of carbonyl (C=O) groups excluding carboxylic acids is 1. The zero-order chi connectivity index (χ0) is 16.5. The zero-order valence-electron chi connectivity index (χ0n) is 13.2. The number of nitrogens with zero attached hydrogens (tertiary/aromatic N) is 1. The zero-order valence-corrected chi connectivity index (χ0v) is 13.2. The summed E-state index contributed by atoms with van der Waals surface area (Å²) in [5, 5.41) is 11.1. The normalized spacial score (nSPS) is 14.4. The maximum atomic E-state index is 12.4. The van der Waals surface area contributed by atoms with Gasteiger partial charge in [0, 0.05) is 11.6 Å². The summed E-state index contributed by atoms with van der Waals surface area (Å²) in [5.74, 6) is 0.424. The second kappa shape index (κ2) is 5.88. The highest BCUT2D eigenvalue weighted by Crippen LogP contribution is 2.33. The van der Waals surface area contributed by atoms with Crippen molar-refractivity contribution in [2.75, 3.05) is 7.11 Å². The third-order valence-electron chi connectivity index (χ3n) is 4.05. The molecule has 122 valence electrons. The highest BCUT2D eigenvalue weighted by Gasteiger charge is 2.26. The molecule has 2 heterocycles. The van der Waals surface area contributed by atoms with Crippen LogP contribution in [0.15, 0.2) is 35.1 Å². The third-order valence-corrected chi connectivity index (χ3v) is 4.05. The molecular weight excluding hydrogens is 306 g/mol. The molecule has 2 N–H and O–H groups in total. The minimum absolute atomic E-state index is 0.109. The van der Waals surface area contributed by atoms with Crippen LogP contribution in [0.5, 0.6) is 5.75 Å². The van der Waals surface area contributed by atoms with Gasteiger partial charge in [-0.2, -0.15) is 5.10 Å². The highest BCUT2D eigenvalue weighted by atomic mass is 16.5. The summed E-state index contributed by atoms with van der Waals surface area (Å²) in [5.41, 5.74) is 3.00. The van der Waals surface area contributed by atoms with Crippen molar-refractivity contribution in [3.05, 3.63) is 47.5 Å². The Kier molecular flexibility index (Phi) is 3.57. The van der Waals surface area contributed by atoms with E-state index in [0.717, 1.165) is 35.0 Å². The Morgan fingerprint density at radius 1 is 1.38 bits per heavy atom. The van der Waals surface area contributed by atoms with E-state index in [1.165, 1.54) is 0 Å². The Bertz CT molecular complexity index is 905. The minimum Gasteiger partial charge on any atom is -0.495 e. The molecule has 0 aliphatic heterocycles. The number of amides is 1. The Morgan fingerprint density at radius 3 is 2.96 bits per heavy atom. The number of fused-ring (bicyclic) bond motifs is 1. The van der Waals surface area contributed by atoms with E-state index >= 15 is 0 Å². The maximum absolute atomic E-state index is 12.4. The van der Waals surface area contributed by atoms with Crippen molar-refractivity contribution in [3.8, 4) is 5.75 Å². The predicted molar refractivity (Wildman–Crippen MR) is 90.8 cm³/mol. The number of furan rings is 1. The minimum atomic E-state index is -0.109. The topological polar surface area (TPSA) is 80.1 Å². The van der Waals surface area contributed by atoms with Crippen LogP contribution in [-0.4, -0.2) is 29.3 Å². The molecule has 0 unspecified atom stereocenters. The number of nitrogens with one attached hydrogen (secondary N) is 2. The molecule has 6 nitrogen and oxygen atoms in total. The lowest BCUT2D eigenvalue weighted by atomic mass is 10.1. The van der Waals surface area contributed by atoms with Crippen molar-refractivity contribution in [2.45, 2.75) is 18.9 Å². The van der Waals surface area contributed by atoms with E-state index in [0.29, 0.717) is 17.4 Å². The fourth-order valence-electron chi connectivity index (χ4n) is 2.65. The summed E-state index contributed by atoms with van der Waals surface area (Å²) in [4.78, 5) is 12.4. The number of benzene rings is 1. The van der Waals surface area contributed by atoms with Crippen LogP contribution in [0.3, 0.4) is 0 Å². The van der Waals surface area contributed by atoms with Crippen molar-refractivity contribution >= 4 is 29.0 Å². The summed E-state index contributed by atoms with van der Waals surface area (Å²) in [6.45, 7) is 0. The van der Waals surface area contributed by atoms with Gasteiger partial charge in [0.1, 0.15) is 5.75 Å². The third kappa shape index (κ3) is 2.67. The summed E-state index contributed by atoms with van der Waals surface area (Å²) < 4.78 is 10.6. The SMILES string of the molecule is COc1c(C(=O)NC2CC2)ccc2n[nH]c(/C=C/c3ccoc3)c12. The van der Waals surface area contributed by atoms with E-state index in [4.69, 9.17) is 9.15 Å². The van der Waals surface area contributed by atoms with Crippen LogP contribution in [0.25, 0.3) is 23.1 Å². The first-order valence-corrected chi connectivity index (χ1v) is 7.82. The molecule has 6 heteroatoms. The van der Waals surface area contributed by atoms with Gasteiger partial charge in [0.25, 0.3) is 5.91 Å². The van der Waals surface area contributed by atoms with Gasteiger partial charge in [-0.1, -0.05) is 0 Å². The number of aromatic amines is 1. The fourth-order valence-corrected chi connectivity index (χ4v) is 2.65. The largest absolute Gasteiger partial charge is 0.495 e. The Balaban J connectivity index is 1.76. The average molecular weight is 323 g/mol. The molecule has 1 aliphatic carbocycles. The molecule has 1 fully saturated rings. The van der Waals surface area contributed by atoms with Crippen LogP contribution in [0, 0.1) is 0 Å². The van der Waals surface area contributed by atoms with E-state index in [2.05, 4.69) is 15.5 Å². The standard InChI is InChI=1S/C18H17N3O3/c1-23-17-13(18(22)19-12-3-4-12)5-7-15-16(17)14(20-21-15)6-2-11-8-9-24-10-11/h2,5-10,12H,3-4H2,1H3,(H,19,22)(H,20,21)/b6-2+. The lowest BCUT2D eigenvalue weighted by Gasteiger charge is -2.10. The van der Waals surface area contributed by atoms with Gasteiger partial charge in [-0.05, 0) is 43.2 Å². The smallest absolute Gasteiger partial charge is 0.255 e. The Morgan fingerprint density at radius 2 is 2.25 bits per heavy atom. The van der Waals surface area contributed by atoms with Crippen LogP contribution in [0.1, 0.15) is 34.5 Å². The molecule has 0 atom stereocenters. The van der Waals surface area contributed by atoms with Gasteiger partial charge in [-0.15, -0.1) is 0 Å². The van der Waals surface area contributed by atoms with Crippen molar-refractivity contribution < 1.29 is 13.9 Å². The molecule has 0 spiro atoms. The summed E-state index contributed by atoms with van der Waals surface area (Å²) in [6.07, 6.45) is 9.16. The quantitative estimate of drug-likeness (QED) is 0.755. The Labute approximate surface area is 138 Å². The van der Waals surface area contributed by atoms with Crippen molar-refractivity contribution in [2.24, 2.45) is 0 Å². The molecule has 0 radical (unpaired) electrons. The summed E-state index contributed by atoms with van der Waals surface area (Å²) >= 11 is 0. The van der Waals surface area contributed by atoms with E-state index < -0.39 is 0 Å². The van der Waals surface area contributed by atoms with Crippen LogP contribution in [0.2, 0.25) is 0 Å². The predicted octanol–water partition coefficient (Wildman–Crippen LogP) is 3.23. The van der Waals surface area contributed by atoms with Crippen LogP contribution < -0.4 is 10.1 Å². The highest BCUT2D eigenvalue weighted by molar-refractivity contribution is 6.05. The van der Waals surface area contributed by atoms with E-state index in [1.54, 1.807) is 25.7 Å². The molecule has 3 aromatic rings. The second-order valence-electron chi connectivity index (χ2n) is 5.82. The number of aromatic nitrogens is 2. The molecule has 0 bridgehead atoms. The fraction of sp³-hybridized carbons (Fsp3) is 0.222. The molecular formula is C18H17N3O3. The molecule has 4 rings (SSSR count). The van der Waals surface area contributed by atoms with Crippen molar-refractivity contribution in [1.29, 1.82) is 0 Å². The lowest BCUT2D eigenvalue weighted by Crippen LogP contribution is -2.25. The first kappa shape index (κ1) is 14.6. The molecule has 1 saturated carbocycles. The molecule has 1 aromatic carbocycles. The van der Waals surface area contributed by atoms with E-state index in [1.807, 2.05) is 24.3 Å². The number of hydrogen-bond donors (Lipinski definition) is 2. The summed E-state index contributed by atoms with van der Waals surface area (Å²) in [6, 6.07) is 5.73. The molecule has 1 aliphatic rings. The van der Waals surface area contributed by atoms with Gasteiger partial charge in [0.05, 0.1) is 41.8 Å². The van der Waals surface area contributed by atoms with Gasteiger partial charge in [0.15, 0.2) is 0 Å². The summed E-state index contributed by atoms with van der Waals surface area (Å²) in [7, 11) is 1.57. The number of ether oxygens (including phenoxy) is 1. The van der Waals surface area contributed by atoms with Crippen LogP contribution in [0.4, 0.5) is 0 Å². The first-order chi connectivity index (χ1) is 11.8. The number of H-pyrrole nitrogens is 1. The van der Waals surface area contributed by atoms with Crippen LogP contribution in [-0.2, 0) is 0 Å². The van der Waals surface area contributed by atoms with Gasteiger partial charge < -0.3 is 14.5 Å². The van der Waals surface area contributed by atoms with E-state index in [9.17, 15) is 4.79 Å². The second-order valence-corrected chi connectivity index (χ2v) is 5.82. The first-order valence-electron chi connectivity index (χ1n) is 7.82. The Hall–Kier alpha value is -3.02. The number of hydrogen-bond acceptors (Lipinski definition) is 4. The number of rotatable bonds is 5. The van der Waals surface area contributed by atoms with Crippen LogP contribution >= 0.6 is 0 Å². The van der Waals surface area contributed by atoms with E-state index in [-0.39, 0.29) is 5.91 Å². The molecule has 0 saturated heterocycles. The average Bonchev–Trinajstić information content (AvgIpc) is 3.10. The molecule has 24 heavy (non-hydrogen) atoms. The van der Waals surface area contributed by atoms with Gasteiger partial charge in [-0.25, -0.2) is 0 Å².